The van der Waals surface area contributed by atoms with Crippen molar-refractivity contribution in [2.75, 3.05) is 11.9 Å². The number of halogens is 4. The molecule has 2 aromatic heterocycles. The van der Waals surface area contributed by atoms with Gasteiger partial charge in [0.05, 0.1) is 5.69 Å². The lowest BCUT2D eigenvalue weighted by Gasteiger charge is -2.10. The highest BCUT2D eigenvalue weighted by molar-refractivity contribution is 6.33. The van der Waals surface area contributed by atoms with Crippen LogP contribution in [0.1, 0.15) is 22.8 Å². The molecule has 0 aliphatic rings. The predicted molar refractivity (Wildman–Crippen MR) is 102 cm³/mol. The Morgan fingerprint density at radius 3 is 2.34 bits per heavy atom. The third kappa shape index (κ3) is 5.54. The second kappa shape index (κ2) is 8.60. The predicted octanol–water partition coefficient (Wildman–Crippen LogP) is 5.00. The minimum absolute atomic E-state index is 0.0171. The molecule has 3 aromatic rings. The number of hydrogen-bond acceptors (Lipinski definition) is 6. The topological polar surface area (TPSA) is 72.8 Å². The molecule has 6 nitrogen and oxygen atoms in total. The van der Waals surface area contributed by atoms with Crippen molar-refractivity contribution in [3.63, 3.8) is 0 Å². The zero-order chi connectivity index (χ0) is 21.0. The molecule has 152 valence electrons. The van der Waals surface area contributed by atoms with E-state index in [2.05, 4.69) is 25.5 Å². The lowest BCUT2D eigenvalue weighted by Crippen LogP contribution is -2.09. The lowest BCUT2D eigenvalue weighted by molar-refractivity contribution is -0.141. The second-order valence-corrected chi connectivity index (χ2v) is 6.57. The molecular formula is C19H17ClF3N5O. The third-order valence-corrected chi connectivity index (χ3v) is 4.36. The second-order valence-electron chi connectivity index (χ2n) is 6.20. The number of benzene rings is 1. The van der Waals surface area contributed by atoms with E-state index in [1.165, 1.54) is 0 Å². The van der Waals surface area contributed by atoms with E-state index >= 15 is 0 Å². The van der Waals surface area contributed by atoms with E-state index in [4.69, 9.17) is 16.3 Å². The van der Waals surface area contributed by atoms with Gasteiger partial charge in [-0.05, 0) is 44.0 Å². The highest BCUT2D eigenvalue weighted by Gasteiger charge is 2.32. The number of anilines is 1. The zero-order valence-electron chi connectivity index (χ0n) is 15.6. The first-order chi connectivity index (χ1) is 13.7. The lowest BCUT2D eigenvalue weighted by atomic mass is 10.1. The third-order valence-electron chi connectivity index (χ3n) is 3.91. The Labute approximate surface area is 170 Å². The van der Waals surface area contributed by atoms with Crippen molar-refractivity contribution in [3.05, 3.63) is 64.2 Å². The molecule has 0 spiro atoms. The molecule has 2 heterocycles. The van der Waals surface area contributed by atoms with Crippen molar-refractivity contribution in [3.8, 4) is 11.6 Å². The molecule has 1 aromatic carbocycles. The Morgan fingerprint density at radius 1 is 1.00 bits per heavy atom. The average Bonchev–Trinajstić information content (AvgIpc) is 2.66. The first-order valence-electron chi connectivity index (χ1n) is 8.64. The normalized spacial score (nSPS) is 11.4. The fourth-order valence-corrected chi connectivity index (χ4v) is 2.66. The molecular weight excluding hydrogens is 407 g/mol. The van der Waals surface area contributed by atoms with Crippen LogP contribution in [0.25, 0.3) is 0 Å². The molecule has 0 radical (unpaired) electrons. The summed E-state index contributed by atoms with van der Waals surface area (Å²) in [5.41, 5.74) is 0.679. The Morgan fingerprint density at radius 2 is 1.72 bits per heavy atom. The van der Waals surface area contributed by atoms with Crippen LogP contribution in [0, 0.1) is 13.8 Å². The van der Waals surface area contributed by atoms with E-state index in [9.17, 15) is 13.2 Å². The highest BCUT2D eigenvalue weighted by atomic mass is 35.5. The van der Waals surface area contributed by atoms with Gasteiger partial charge in [0, 0.05) is 12.6 Å². The minimum Gasteiger partial charge on any atom is -0.438 e. The van der Waals surface area contributed by atoms with Crippen molar-refractivity contribution in [2.45, 2.75) is 26.4 Å². The summed E-state index contributed by atoms with van der Waals surface area (Å²) >= 11 is 6.20. The largest absolute Gasteiger partial charge is 0.438 e. The number of ether oxygens (including phenoxy) is 1. The number of nitrogens with zero attached hydrogens (tertiary/aromatic N) is 4. The minimum atomic E-state index is -4.53. The molecule has 0 aliphatic heterocycles. The van der Waals surface area contributed by atoms with Crippen LogP contribution in [0.5, 0.6) is 11.6 Å². The zero-order valence-corrected chi connectivity index (χ0v) is 16.3. The molecule has 1 N–H and O–H groups in total. The number of alkyl halides is 3. The van der Waals surface area contributed by atoms with Gasteiger partial charge in [-0.1, -0.05) is 23.7 Å². The van der Waals surface area contributed by atoms with Gasteiger partial charge >= 0.3 is 6.18 Å². The van der Waals surface area contributed by atoms with Crippen LogP contribution in [0.4, 0.5) is 19.0 Å². The first kappa shape index (κ1) is 20.8. The van der Waals surface area contributed by atoms with Crippen LogP contribution in [-0.4, -0.2) is 26.7 Å². The summed E-state index contributed by atoms with van der Waals surface area (Å²) in [7, 11) is 0. The van der Waals surface area contributed by atoms with Crippen molar-refractivity contribution in [2.24, 2.45) is 0 Å². The van der Waals surface area contributed by atoms with E-state index < -0.39 is 11.9 Å². The summed E-state index contributed by atoms with van der Waals surface area (Å²) in [5.74, 6) is 1.66. The van der Waals surface area contributed by atoms with Crippen LogP contribution >= 0.6 is 11.6 Å². The molecule has 10 heteroatoms. The maximum Gasteiger partial charge on any atom is 0.435 e. The SMILES string of the molecule is Cc1nc(C)c(Cl)c(NCCc2ccc(Oc3ccc(C(F)(F)F)nn3)cc2)n1. The van der Waals surface area contributed by atoms with Crippen LogP contribution in [0.3, 0.4) is 0 Å². The quantitative estimate of drug-likeness (QED) is 0.601. The maximum atomic E-state index is 12.5. The molecule has 29 heavy (non-hydrogen) atoms. The van der Waals surface area contributed by atoms with Gasteiger partial charge in [-0.25, -0.2) is 9.97 Å². The van der Waals surface area contributed by atoms with Gasteiger partial charge in [-0.3, -0.25) is 0 Å². The van der Waals surface area contributed by atoms with Gasteiger partial charge in [0.1, 0.15) is 22.4 Å². The van der Waals surface area contributed by atoms with Crippen LogP contribution < -0.4 is 10.1 Å². The molecule has 0 atom stereocenters. The van der Waals surface area contributed by atoms with E-state index in [1.54, 1.807) is 19.1 Å². The molecule has 0 bridgehead atoms. The first-order valence-corrected chi connectivity index (χ1v) is 9.02. The summed E-state index contributed by atoms with van der Waals surface area (Å²) in [4.78, 5) is 8.49. The number of rotatable bonds is 6. The fraction of sp³-hybridized carbons (Fsp3) is 0.263. The molecule has 0 unspecified atom stereocenters. The van der Waals surface area contributed by atoms with Crippen molar-refractivity contribution in [1.29, 1.82) is 0 Å². The van der Waals surface area contributed by atoms with Gasteiger partial charge in [0.25, 0.3) is 0 Å². The summed E-state index contributed by atoms with van der Waals surface area (Å²) < 4.78 is 42.9. The van der Waals surface area contributed by atoms with Gasteiger partial charge in [-0.2, -0.15) is 13.2 Å². The Kier molecular flexibility index (Phi) is 6.17. The Hall–Kier alpha value is -2.94. The number of aryl methyl sites for hydroxylation is 2. The van der Waals surface area contributed by atoms with E-state index in [1.807, 2.05) is 19.1 Å². The summed E-state index contributed by atoms with van der Waals surface area (Å²) in [5, 5.41) is 10.3. The Balaban J connectivity index is 1.55. The van der Waals surface area contributed by atoms with E-state index in [0.29, 0.717) is 35.4 Å². The van der Waals surface area contributed by atoms with Gasteiger partial charge < -0.3 is 10.1 Å². The smallest absolute Gasteiger partial charge is 0.435 e. The molecule has 3 rings (SSSR count). The maximum absolute atomic E-state index is 12.5. The van der Waals surface area contributed by atoms with E-state index in [-0.39, 0.29) is 5.88 Å². The average molecular weight is 424 g/mol. The van der Waals surface area contributed by atoms with Crippen molar-refractivity contribution < 1.29 is 17.9 Å². The van der Waals surface area contributed by atoms with Crippen LogP contribution in [-0.2, 0) is 12.6 Å². The van der Waals surface area contributed by atoms with E-state index in [0.717, 1.165) is 23.4 Å². The molecule has 0 aliphatic carbocycles. The molecule has 0 fully saturated rings. The number of nitrogens with one attached hydrogen (secondary N) is 1. The standard InChI is InChI=1S/C19H17ClF3N5O/c1-11-17(20)18(26-12(2)25-11)24-10-9-13-3-5-14(6-4-13)29-16-8-7-15(27-28-16)19(21,22)23/h3-8H,9-10H2,1-2H3,(H,24,25,26). The molecule has 0 amide bonds. The monoisotopic (exact) mass is 423 g/mol. The molecule has 0 saturated heterocycles. The van der Waals surface area contributed by atoms with Gasteiger partial charge in [0.15, 0.2) is 5.69 Å². The molecule has 0 saturated carbocycles. The van der Waals surface area contributed by atoms with Crippen LogP contribution in [0.2, 0.25) is 5.02 Å². The fourth-order valence-electron chi connectivity index (χ4n) is 2.51. The highest BCUT2D eigenvalue weighted by Crippen LogP contribution is 2.28. The summed E-state index contributed by atoms with van der Waals surface area (Å²) in [6.45, 7) is 4.23. The number of aromatic nitrogens is 4. The van der Waals surface area contributed by atoms with Gasteiger partial charge in [-0.15, -0.1) is 10.2 Å². The summed E-state index contributed by atoms with van der Waals surface area (Å²) in [6.07, 6.45) is -3.83. The Bertz CT molecular complexity index is 979. The van der Waals surface area contributed by atoms with Crippen molar-refractivity contribution in [1.82, 2.24) is 20.2 Å². The number of hydrogen-bond donors (Lipinski definition) is 1. The van der Waals surface area contributed by atoms with Crippen molar-refractivity contribution >= 4 is 17.4 Å². The summed E-state index contributed by atoms with van der Waals surface area (Å²) in [6, 6.07) is 9.08. The van der Waals surface area contributed by atoms with Crippen LogP contribution in [0.15, 0.2) is 36.4 Å². The van der Waals surface area contributed by atoms with Gasteiger partial charge in [0.2, 0.25) is 5.88 Å².